The molecule has 0 amide bonds. The van der Waals surface area contributed by atoms with Crippen LogP contribution in [0.5, 0.6) is 0 Å². The van der Waals surface area contributed by atoms with Crippen molar-refractivity contribution in [2.75, 3.05) is 11.9 Å². The SMILES string of the molecule is CN(c1c(Cl)cccc1CNC(C)(C)C)C1CCCCC1. The lowest BCUT2D eigenvalue weighted by Gasteiger charge is -2.35. The van der Waals surface area contributed by atoms with Gasteiger partial charge in [0.1, 0.15) is 0 Å². The molecule has 0 bridgehead atoms. The normalized spacial score (nSPS) is 17.0. The molecule has 0 unspecified atom stereocenters. The number of anilines is 1. The molecule has 1 aromatic rings. The average molecular weight is 309 g/mol. The van der Waals surface area contributed by atoms with Gasteiger partial charge in [-0.05, 0) is 45.2 Å². The molecule has 1 aromatic carbocycles. The molecule has 0 aliphatic heterocycles. The third kappa shape index (κ3) is 4.62. The van der Waals surface area contributed by atoms with E-state index in [0.29, 0.717) is 6.04 Å². The van der Waals surface area contributed by atoms with Crippen molar-refractivity contribution < 1.29 is 0 Å². The van der Waals surface area contributed by atoms with Gasteiger partial charge in [-0.25, -0.2) is 0 Å². The Kier molecular flexibility index (Phi) is 5.56. The molecule has 1 aliphatic rings. The van der Waals surface area contributed by atoms with E-state index < -0.39 is 0 Å². The lowest BCUT2D eigenvalue weighted by molar-refractivity contribution is 0.418. The minimum atomic E-state index is 0.114. The van der Waals surface area contributed by atoms with E-state index in [2.05, 4.69) is 50.2 Å². The zero-order chi connectivity index (χ0) is 15.5. The fourth-order valence-corrected chi connectivity index (χ4v) is 3.44. The van der Waals surface area contributed by atoms with Gasteiger partial charge in [0.05, 0.1) is 10.7 Å². The molecule has 21 heavy (non-hydrogen) atoms. The highest BCUT2D eigenvalue weighted by molar-refractivity contribution is 6.33. The van der Waals surface area contributed by atoms with Crippen LogP contribution in [0.2, 0.25) is 5.02 Å². The van der Waals surface area contributed by atoms with Gasteiger partial charge in [-0.15, -0.1) is 0 Å². The number of rotatable bonds is 4. The van der Waals surface area contributed by atoms with Crippen LogP contribution in [0.3, 0.4) is 0 Å². The maximum absolute atomic E-state index is 6.52. The number of hydrogen-bond acceptors (Lipinski definition) is 2. The molecule has 118 valence electrons. The maximum atomic E-state index is 6.52. The van der Waals surface area contributed by atoms with Crippen molar-refractivity contribution in [2.24, 2.45) is 0 Å². The second-order valence-electron chi connectivity index (χ2n) is 7.25. The van der Waals surface area contributed by atoms with Crippen molar-refractivity contribution in [1.82, 2.24) is 5.32 Å². The quantitative estimate of drug-likeness (QED) is 0.842. The fraction of sp³-hybridized carbons (Fsp3) is 0.667. The Morgan fingerprint density at radius 3 is 2.48 bits per heavy atom. The van der Waals surface area contributed by atoms with Crippen molar-refractivity contribution in [2.45, 2.75) is 71.0 Å². The molecule has 0 heterocycles. The zero-order valence-corrected chi connectivity index (χ0v) is 14.6. The summed E-state index contributed by atoms with van der Waals surface area (Å²) < 4.78 is 0. The summed E-state index contributed by atoms with van der Waals surface area (Å²) in [5, 5.41) is 4.45. The second kappa shape index (κ2) is 7.02. The smallest absolute Gasteiger partial charge is 0.0642 e. The number of nitrogens with one attached hydrogen (secondary N) is 1. The third-order valence-corrected chi connectivity index (χ3v) is 4.66. The Morgan fingerprint density at radius 2 is 1.86 bits per heavy atom. The van der Waals surface area contributed by atoms with Gasteiger partial charge >= 0.3 is 0 Å². The Labute approximate surface area is 134 Å². The molecule has 0 spiro atoms. The summed E-state index contributed by atoms with van der Waals surface area (Å²) >= 11 is 6.52. The third-order valence-electron chi connectivity index (χ3n) is 4.35. The lowest BCUT2D eigenvalue weighted by Crippen LogP contribution is -2.37. The summed E-state index contributed by atoms with van der Waals surface area (Å²) in [6, 6.07) is 6.89. The second-order valence-corrected chi connectivity index (χ2v) is 7.66. The molecule has 1 aliphatic carbocycles. The summed E-state index contributed by atoms with van der Waals surface area (Å²) in [5.74, 6) is 0. The van der Waals surface area contributed by atoms with Crippen molar-refractivity contribution in [3.05, 3.63) is 28.8 Å². The van der Waals surface area contributed by atoms with Gasteiger partial charge in [-0.1, -0.05) is 43.0 Å². The van der Waals surface area contributed by atoms with Crippen LogP contribution in [0.15, 0.2) is 18.2 Å². The summed E-state index contributed by atoms with van der Waals surface area (Å²) in [4.78, 5) is 2.42. The first kappa shape index (κ1) is 16.6. The Hall–Kier alpha value is -0.730. The first-order valence-corrected chi connectivity index (χ1v) is 8.51. The Morgan fingerprint density at radius 1 is 1.19 bits per heavy atom. The van der Waals surface area contributed by atoms with E-state index >= 15 is 0 Å². The van der Waals surface area contributed by atoms with Gasteiger partial charge in [0.2, 0.25) is 0 Å². The molecular weight excluding hydrogens is 280 g/mol. The van der Waals surface area contributed by atoms with Crippen molar-refractivity contribution in [1.29, 1.82) is 0 Å². The molecule has 1 saturated carbocycles. The monoisotopic (exact) mass is 308 g/mol. The Bertz CT molecular complexity index is 459. The van der Waals surface area contributed by atoms with E-state index in [0.717, 1.165) is 11.6 Å². The number of halogens is 1. The van der Waals surface area contributed by atoms with Crippen LogP contribution >= 0.6 is 11.6 Å². The molecule has 0 saturated heterocycles. The highest BCUT2D eigenvalue weighted by Crippen LogP contribution is 2.34. The van der Waals surface area contributed by atoms with Crippen LogP contribution in [0.4, 0.5) is 5.69 Å². The van der Waals surface area contributed by atoms with Crippen molar-refractivity contribution >= 4 is 17.3 Å². The summed E-state index contributed by atoms with van der Waals surface area (Å²) in [5.41, 5.74) is 2.62. The predicted octanol–water partition coefficient (Wildman–Crippen LogP) is 5.00. The molecular formula is C18H29ClN2. The van der Waals surface area contributed by atoms with Crippen molar-refractivity contribution in [3.8, 4) is 0 Å². The van der Waals surface area contributed by atoms with E-state index in [1.165, 1.54) is 43.4 Å². The van der Waals surface area contributed by atoms with Crippen LogP contribution in [-0.2, 0) is 6.54 Å². The van der Waals surface area contributed by atoms with E-state index in [-0.39, 0.29) is 5.54 Å². The molecule has 0 radical (unpaired) electrons. The van der Waals surface area contributed by atoms with E-state index in [4.69, 9.17) is 11.6 Å². The summed E-state index contributed by atoms with van der Waals surface area (Å²) in [7, 11) is 2.21. The van der Waals surface area contributed by atoms with Crippen LogP contribution in [-0.4, -0.2) is 18.6 Å². The maximum Gasteiger partial charge on any atom is 0.0642 e. The van der Waals surface area contributed by atoms with Crippen LogP contribution in [0.1, 0.15) is 58.4 Å². The van der Waals surface area contributed by atoms with Gasteiger partial charge in [-0.3, -0.25) is 0 Å². The first-order valence-electron chi connectivity index (χ1n) is 8.14. The standard InChI is InChI=1S/C18H29ClN2/c1-18(2,3)20-13-14-9-8-12-16(19)17(14)21(4)15-10-6-5-7-11-15/h8-9,12,15,20H,5-7,10-11,13H2,1-4H3. The van der Waals surface area contributed by atoms with E-state index in [1.807, 2.05) is 6.07 Å². The van der Waals surface area contributed by atoms with Crippen LogP contribution < -0.4 is 10.2 Å². The van der Waals surface area contributed by atoms with Crippen molar-refractivity contribution in [3.63, 3.8) is 0 Å². The van der Waals surface area contributed by atoms with Gasteiger partial charge in [0.25, 0.3) is 0 Å². The Balaban J connectivity index is 2.20. The molecule has 0 aromatic heterocycles. The molecule has 1 fully saturated rings. The van der Waals surface area contributed by atoms with Gasteiger partial charge in [0, 0.05) is 25.2 Å². The topological polar surface area (TPSA) is 15.3 Å². The lowest BCUT2D eigenvalue weighted by atomic mass is 9.93. The predicted molar refractivity (Wildman–Crippen MR) is 93.3 cm³/mol. The van der Waals surface area contributed by atoms with Crippen LogP contribution in [0, 0.1) is 0 Å². The van der Waals surface area contributed by atoms with Crippen LogP contribution in [0.25, 0.3) is 0 Å². The summed E-state index contributed by atoms with van der Waals surface area (Å²) in [6.45, 7) is 7.45. The van der Waals surface area contributed by atoms with Gasteiger partial charge < -0.3 is 10.2 Å². The molecule has 0 atom stereocenters. The average Bonchev–Trinajstić information content (AvgIpc) is 2.44. The number of nitrogens with zero attached hydrogens (tertiary/aromatic N) is 1. The highest BCUT2D eigenvalue weighted by atomic mass is 35.5. The number of hydrogen-bond donors (Lipinski definition) is 1. The van der Waals surface area contributed by atoms with E-state index in [9.17, 15) is 0 Å². The van der Waals surface area contributed by atoms with Gasteiger partial charge in [-0.2, -0.15) is 0 Å². The minimum absolute atomic E-state index is 0.114. The molecule has 2 nitrogen and oxygen atoms in total. The summed E-state index contributed by atoms with van der Waals surface area (Å²) in [6.07, 6.45) is 6.64. The fourth-order valence-electron chi connectivity index (χ4n) is 3.11. The van der Waals surface area contributed by atoms with E-state index in [1.54, 1.807) is 0 Å². The number of benzene rings is 1. The molecule has 2 rings (SSSR count). The van der Waals surface area contributed by atoms with Gasteiger partial charge in [0.15, 0.2) is 0 Å². The zero-order valence-electron chi connectivity index (χ0n) is 13.9. The molecule has 1 N–H and O–H groups in total. The highest BCUT2D eigenvalue weighted by Gasteiger charge is 2.22. The number of para-hydroxylation sites is 1. The first-order chi connectivity index (χ1) is 9.88. The minimum Gasteiger partial charge on any atom is -0.370 e. The molecule has 3 heteroatoms. The largest absolute Gasteiger partial charge is 0.370 e.